The summed E-state index contributed by atoms with van der Waals surface area (Å²) < 4.78 is 0. The second kappa shape index (κ2) is 2.19. The van der Waals surface area contributed by atoms with Crippen LogP contribution >= 0.6 is 11.3 Å². The number of aryl methyl sites for hydroxylation is 1. The molecule has 0 fully saturated rings. The molecule has 0 spiro atoms. The minimum Gasteiger partial charge on any atom is -0.365 e. The summed E-state index contributed by atoms with van der Waals surface area (Å²) >= 11 is 1.38. The highest BCUT2D eigenvalue weighted by atomic mass is 32.1. The number of carbonyl (C=O) groups is 1. The third kappa shape index (κ3) is 1.29. The predicted octanol–water partition coefficient (Wildman–Crippen LogP) is 1.40. The summed E-state index contributed by atoms with van der Waals surface area (Å²) in [4.78, 5) is 11.1. The van der Waals surface area contributed by atoms with Gasteiger partial charge in [-0.05, 0) is 23.9 Å². The smallest absolute Gasteiger partial charge is 0.258 e. The molecule has 0 aliphatic heterocycles. The molecule has 0 unspecified atom stereocenters. The summed E-state index contributed by atoms with van der Waals surface area (Å²) in [6.07, 6.45) is 0. The Morgan fingerprint density at radius 2 is 2.56 bits per heavy atom. The molecular formula is C6H9NOS. The Balaban J connectivity index is 0.000000810. The van der Waals surface area contributed by atoms with E-state index in [-0.39, 0.29) is 7.33 Å². The molecule has 1 aromatic rings. The molecule has 0 atom stereocenters. The zero-order chi connectivity index (χ0) is 6.85. The van der Waals surface area contributed by atoms with Crippen molar-refractivity contribution in [3.63, 3.8) is 0 Å². The molecule has 9 heavy (non-hydrogen) atoms. The van der Waals surface area contributed by atoms with Crippen LogP contribution in [0, 0.1) is 6.92 Å². The van der Waals surface area contributed by atoms with Gasteiger partial charge >= 0.3 is 0 Å². The lowest BCUT2D eigenvalue weighted by Gasteiger charge is -1.81. The highest BCUT2D eigenvalue weighted by Gasteiger charge is 2.00. The van der Waals surface area contributed by atoms with Crippen molar-refractivity contribution < 1.29 is 6.22 Å². The van der Waals surface area contributed by atoms with Gasteiger partial charge in [-0.2, -0.15) is 0 Å². The number of thiophene rings is 1. The quantitative estimate of drug-likeness (QED) is 0.634. The standard InChI is InChI=1S/C6H7NOS.H2/c1-4-2-5(6(7)8)9-3-4;/h2-3H,1H3,(H2,7,8);1H. The van der Waals surface area contributed by atoms with E-state index < -0.39 is 0 Å². The molecule has 0 saturated heterocycles. The highest BCUT2D eigenvalue weighted by molar-refractivity contribution is 7.12. The van der Waals surface area contributed by atoms with Crippen LogP contribution in [0.15, 0.2) is 11.4 Å². The van der Waals surface area contributed by atoms with Crippen LogP contribution in [0.4, 0.5) is 0 Å². The average molecular weight is 143 g/mol. The van der Waals surface area contributed by atoms with E-state index in [1.807, 2.05) is 12.3 Å². The molecule has 1 aromatic heterocycles. The Labute approximate surface area is 58.8 Å². The summed E-state index contributed by atoms with van der Waals surface area (Å²) in [5, 5.41) is 1.90. The van der Waals surface area contributed by atoms with Crippen LogP contribution in [0.1, 0.15) is 16.7 Å². The lowest BCUT2D eigenvalue weighted by Crippen LogP contribution is -2.08. The van der Waals surface area contributed by atoms with Crippen LogP contribution in [0.3, 0.4) is 0 Å². The normalized spacial score (nSPS) is 9.44. The van der Waals surface area contributed by atoms with E-state index in [4.69, 9.17) is 5.73 Å². The van der Waals surface area contributed by atoms with Gasteiger partial charge < -0.3 is 5.73 Å². The van der Waals surface area contributed by atoms with Gasteiger partial charge in [-0.1, -0.05) is 0 Å². The average Bonchev–Trinajstić information content (AvgIpc) is 2.14. The Morgan fingerprint density at radius 3 is 2.78 bits per heavy atom. The largest absolute Gasteiger partial charge is 0.365 e. The van der Waals surface area contributed by atoms with E-state index in [0.29, 0.717) is 4.88 Å². The topological polar surface area (TPSA) is 43.1 Å². The zero-order valence-corrected chi connectivity index (χ0v) is 5.87. The third-order valence-electron chi connectivity index (χ3n) is 0.973. The highest BCUT2D eigenvalue weighted by Crippen LogP contribution is 2.11. The van der Waals surface area contributed by atoms with Gasteiger partial charge in [0, 0.05) is 1.43 Å². The lowest BCUT2D eigenvalue weighted by atomic mass is 10.3. The van der Waals surface area contributed by atoms with Gasteiger partial charge in [0.1, 0.15) is 0 Å². The van der Waals surface area contributed by atoms with Gasteiger partial charge in [0.05, 0.1) is 4.88 Å². The van der Waals surface area contributed by atoms with E-state index in [0.717, 1.165) is 5.56 Å². The van der Waals surface area contributed by atoms with Crippen LogP contribution in [0.5, 0.6) is 0 Å². The van der Waals surface area contributed by atoms with Crippen molar-refractivity contribution in [2.45, 2.75) is 6.92 Å². The molecule has 0 bridgehead atoms. The molecule has 0 saturated carbocycles. The van der Waals surface area contributed by atoms with Crippen LogP contribution in [-0.2, 0) is 0 Å². The van der Waals surface area contributed by atoms with Crippen molar-refractivity contribution in [2.24, 2.45) is 5.73 Å². The second-order valence-electron chi connectivity index (χ2n) is 1.85. The van der Waals surface area contributed by atoms with Crippen LogP contribution in [0.2, 0.25) is 0 Å². The first-order chi connectivity index (χ1) is 4.20. The summed E-state index contributed by atoms with van der Waals surface area (Å²) in [6, 6.07) is 1.78. The van der Waals surface area contributed by atoms with Crippen LogP contribution in [-0.4, -0.2) is 5.91 Å². The molecule has 0 radical (unpaired) electrons. The maximum absolute atomic E-state index is 10.4. The van der Waals surface area contributed by atoms with Crippen molar-refractivity contribution in [1.29, 1.82) is 0 Å². The second-order valence-corrected chi connectivity index (χ2v) is 2.76. The number of hydrogen-bond acceptors (Lipinski definition) is 2. The van der Waals surface area contributed by atoms with Gasteiger partial charge in [-0.25, -0.2) is 0 Å². The van der Waals surface area contributed by atoms with Crippen molar-refractivity contribution in [3.05, 3.63) is 21.9 Å². The van der Waals surface area contributed by atoms with Crippen molar-refractivity contribution in [1.82, 2.24) is 0 Å². The molecule has 0 aliphatic carbocycles. The fraction of sp³-hybridized carbons (Fsp3) is 0.167. The zero-order valence-electron chi connectivity index (χ0n) is 5.05. The first-order valence-corrected chi connectivity index (χ1v) is 3.43. The number of primary amides is 1. The van der Waals surface area contributed by atoms with E-state index in [1.165, 1.54) is 11.3 Å². The van der Waals surface area contributed by atoms with E-state index >= 15 is 0 Å². The van der Waals surface area contributed by atoms with Gasteiger partial charge in [-0.15, -0.1) is 11.3 Å². The number of carbonyl (C=O) groups excluding carboxylic acids is 1. The first-order valence-electron chi connectivity index (χ1n) is 2.55. The van der Waals surface area contributed by atoms with Gasteiger partial charge in [0.2, 0.25) is 0 Å². The summed E-state index contributed by atoms with van der Waals surface area (Å²) in [5.74, 6) is -0.340. The van der Waals surface area contributed by atoms with Crippen molar-refractivity contribution >= 4 is 17.2 Å². The Morgan fingerprint density at radius 1 is 1.89 bits per heavy atom. The summed E-state index contributed by atoms with van der Waals surface area (Å²) in [6.45, 7) is 1.93. The monoisotopic (exact) mass is 143 g/mol. The number of nitrogens with two attached hydrogens (primary N) is 1. The SMILES string of the molecule is Cc1csc(C(N)=O)c1.[HH]. The van der Waals surface area contributed by atoms with E-state index in [9.17, 15) is 4.79 Å². The fourth-order valence-corrected chi connectivity index (χ4v) is 1.31. The van der Waals surface area contributed by atoms with E-state index in [2.05, 4.69) is 0 Å². The maximum atomic E-state index is 10.4. The summed E-state index contributed by atoms with van der Waals surface area (Å²) in [7, 11) is 0. The lowest BCUT2D eigenvalue weighted by molar-refractivity contribution is 0.100. The molecule has 1 amide bonds. The number of rotatable bonds is 1. The van der Waals surface area contributed by atoms with Gasteiger partial charge in [0.15, 0.2) is 0 Å². The maximum Gasteiger partial charge on any atom is 0.258 e. The molecule has 0 aliphatic rings. The molecule has 0 aromatic carbocycles. The number of amides is 1. The molecule has 50 valence electrons. The summed E-state index contributed by atoms with van der Waals surface area (Å²) in [5.41, 5.74) is 6.09. The predicted molar refractivity (Wildman–Crippen MR) is 39.7 cm³/mol. The Hall–Kier alpha value is -0.830. The molecule has 2 N–H and O–H groups in total. The minimum atomic E-state index is -0.340. The van der Waals surface area contributed by atoms with Crippen LogP contribution < -0.4 is 5.73 Å². The molecule has 2 nitrogen and oxygen atoms in total. The Bertz CT molecular complexity index is 233. The minimum absolute atomic E-state index is 0. The first kappa shape index (κ1) is 6.29. The van der Waals surface area contributed by atoms with Crippen molar-refractivity contribution in [3.8, 4) is 0 Å². The van der Waals surface area contributed by atoms with Gasteiger partial charge in [0.25, 0.3) is 5.91 Å². The number of hydrogen-bond donors (Lipinski definition) is 1. The molecular weight excluding hydrogens is 134 g/mol. The van der Waals surface area contributed by atoms with Gasteiger partial charge in [-0.3, -0.25) is 4.79 Å². The van der Waals surface area contributed by atoms with Crippen LogP contribution in [0.25, 0.3) is 0 Å². The van der Waals surface area contributed by atoms with E-state index in [1.54, 1.807) is 6.07 Å². The van der Waals surface area contributed by atoms with Crippen molar-refractivity contribution in [2.75, 3.05) is 0 Å². The molecule has 3 heteroatoms. The molecule has 1 rings (SSSR count). The third-order valence-corrected chi connectivity index (χ3v) is 2.04. The Kier molecular flexibility index (Phi) is 1.53. The molecule has 1 heterocycles. The fourth-order valence-electron chi connectivity index (χ4n) is 0.560.